The summed E-state index contributed by atoms with van der Waals surface area (Å²) in [4.78, 5) is 0. The first-order valence-corrected chi connectivity index (χ1v) is 5.85. The van der Waals surface area contributed by atoms with Gasteiger partial charge in [-0.05, 0) is 60.4 Å². The highest BCUT2D eigenvalue weighted by Crippen LogP contribution is 2.57. The van der Waals surface area contributed by atoms with Crippen LogP contribution in [0, 0.1) is 31.0 Å². The molecule has 1 aliphatic rings. The Morgan fingerprint density at radius 1 is 1.31 bits per heavy atom. The van der Waals surface area contributed by atoms with Crippen molar-refractivity contribution in [2.24, 2.45) is 17.1 Å². The Bertz CT molecular complexity index is 400. The molecule has 0 heterocycles. The molecule has 1 aliphatic carbocycles. The van der Waals surface area contributed by atoms with Crippen molar-refractivity contribution in [3.05, 3.63) is 34.6 Å². The van der Waals surface area contributed by atoms with Gasteiger partial charge in [0, 0.05) is 6.04 Å². The van der Waals surface area contributed by atoms with E-state index in [2.05, 4.69) is 13.8 Å². The van der Waals surface area contributed by atoms with Gasteiger partial charge in [-0.1, -0.05) is 13.8 Å². The molecule has 1 aromatic carbocycles. The van der Waals surface area contributed by atoms with Gasteiger partial charge in [0.25, 0.3) is 0 Å². The van der Waals surface area contributed by atoms with Gasteiger partial charge in [0.1, 0.15) is 5.82 Å². The van der Waals surface area contributed by atoms with E-state index in [0.717, 1.165) is 16.7 Å². The molecule has 88 valence electrons. The van der Waals surface area contributed by atoms with Crippen LogP contribution in [-0.4, -0.2) is 0 Å². The molecule has 0 radical (unpaired) electrons. The van der Waals surface area contributed by atoms with Crippen molar-refractivity contribution >= 4 is 0 Å². The summed E-state index contributed by atoms with van der Waals surface area (Å²) in [5, 5.41) is 0. The molecule has 2 unspecified atom stereocenters. The molecule has 2 atom stereocenters. The molecule has 0 amide bonds. The lowest BCUT2D eigenvalue weighted by atomic mass is 9.91. The standard InChI is InChI=1S/C14H20FN/c1-8-5-10(15)6-9(2)12(8)13(16)11-7-14(11,3)4/h5-6,11,13H,7,16H2,1-4H3. The zero-order valence-electron chi connectivity index (χ0n) is 10.5. The van der Waals surface area contributed by atoms with Gasteiger partial charge in [0.05, 0.1) is 0 Å². The van der Waals surface area contributed by atoms with E-state index in [1.165, 1.54) is 6.42 Å². The van der Waals surface area contributed by atoms with E-state index in [4.69, 9.17) is 5.73 Å². The third-order valence-electron chi connectivity index (χ3n) is 3.91. The molecule has 0 aromatic heterocycles. The SMILES string of the molecule is Cc1cc(F)cc(C)c1C(N)C1CC1(C)C. The normalized spacial score (nSPS) is 24.2. The van der Waals surface area contributed by atoms with Crippen LogP contribution >= 0.6 is 0 Å². The topological polar surface area (TPSA) is 26.0 Å². The molecular formula is C14H20FN. The maximum Gasteiger partial charge on any atom is 0.123 e. The Kier molecular flexibility index (Phi) is 2.58. The van der Waals surface area contributed by atoms with E-state index in [1.807, 2.05) is 13.8 Å². The Morgan fingerprint density at radius 3 is 2.12 bits per heavy atom. The second-order valence-electron chi connectivity index (χ2n) is 5.78. The van der Waals surface area contributed by atoms with E-state index in [9.17, 15) is 4.39 Å². The van der Waals surface area contributed by atoms with Gasteiger partial charge >= 0.3 is 0 Å². The number of hydrogen-bond acceptors (Lipinski definition) is 1. The molecule has 0 aliphatic heterocycles. The molecule has 1 nitrogen and oxygen atoms in total. The van der Waals surface area contributed by atoms with Crippen LogP contribution in [-0.2, 0) is 0 Å². The van der Waals surface area contributed by atoms with Crippen molar-refractivity contribution < 1.29 is 4.39 Å². The molecule has 1 aromatic rings. The van der Waals surface area contributed by atoms with E-state index in [0.29, 0.717) is 11.3 Å². The van der Waals surface area contributed by atoms with Gasteiger partial charge in [-0.2, -0.15) is 0 Å². The molecule has 0 saturated heterocycles. The average Bonchev–Trinajstić information content (AvgIpc) is 2.73. The van der Waals surface area contributed by atoms with Gasteiger partial charge in [0.2, 0.25) is 0 Å². The van der Waals surface area contributed by atoms with Crippen molar-refractivity contribution in [1.82, 2.24) is 0 Å². The van der Waals surface area contributed by atoms with E-state index in [-0.39, 0.29) is 11.9 Å². The fourth-order valence-corrected chi connectivity index (χ4v) is 2.77. The quantitative estimate of drug-likeness (QED) is 0.812. The maximum absolute atomic E-state index is 13.2. The maximum atomic E-state index is 13.2. The minimum atomic E-state index is -0.166. The van der Waals surface area contributed by atoms with Crippen LogP contribution in [0.15, 0.2) is 12.1 Å². The summed E-state index contributed by atoms with van der Waals surface area (Å²) >= 11 is 0. The van der Waals surface area contributed by atoms with Crippen molar-refractivity contribution in [1.29, 1.82) is 0 Å². The summed E-state index contributed by atoms with van der Waals surface area (Å²) in [6.45, 7) is 8.37. The third kappa shape index (κ3) is 1.86. The predicted molar refractivity (Wildman–Crippen MR) is 64.7 cm³/mol. The van der Waals surface area contributed by atoms with E-state index >= 15 is 0 Å². The Labute approximate surface area is 96.9 Å². The minimum Gasteiger partial charge on any atom is -0.324 e. The Hall–Kier alpha value is -0.890. The minimum absolute atomic E-state index is 0.0515. The summed E-state index contributed by atoms with van der Waals surface area (Å²) in [5.41, 5.74) is 9.75. The highest BCUT2D eigenvalue weighted by Gasteiger charge is 2.49. The average molecular weight is 221 g/mol. The zero-order chi connectivity index (χ0) is 12.1. The lowest BCUT2D eigenvalue weighted by Gasteiger charge is -2.19. The summed E-state index contributed by atoms with van der Waals surface area (Å²) in [5.74, 6) is 0.372. The second kappa shape index (κ2) is 3.56. The molecule has 1 fully saturated rings. The van der Waals surface area contributed by atoms with Crippen molar-refractivity contribution in [2.75, 3.05) is 0 Å². The highest BCUT2D eigenvalue weighted by molar-refractivity contribution is 5.38. The van der Waals surface area contributed by atoms with E-state index < -0.39 is 0 Å². The fourth-order valence-electron chi connectivity index (χ4n) is 2.77. The molecule has 2 rings (SSSR count). The van der Waals surface area contributed by atoms with Crippen LogP contribution in [0.1, 0.15) is 43.0 Å². The first kappa shape index (κ1) is 11.6. The first-order chi connectivity index (χ1) is 7.33. The summed E-state index contributed by atoms with van der Waals surface area (Å²) in [6, 6.07) is 3.21. The predicted octanol–water partition coefficient (Wildman–Crippen LogP) is 3.49. The van der Waals surface area contributed by atoms with Crippen LogP contribution < -0.4 is 5.73 Å². The van der Waals surface area contributed by atoms with Crippen LogP contribution in [0.4, 0.5) is 4.39 Å². The number of aryl methyl sites for hydroxylation is 2. The van der Waals surface area contributed by atoms with E-state index in [1.54, 1.807) is 12.1 Å². The van der Waals surface area contributed by atoms with Crippen LogP contribution in [0.2, 0.25) is 0 Å². The van der Waals surface area contributed by atoms with Gasteiger partial charge in [-0.15, -0.1) is 0 Å². The molecule has 16 heavy (non-hydrogen) atoms. The summed E-state index contributed by atoms with van der Waals surface area (Å²) in [7, 11) is 0. The number of halogens is 1. The number of hydrogen-bond donors (Lipinski definition) is 1. The van der Waals surface area contributed by atoms with Gasteiger partial charge < -0.3 is 5.73 Å². The summed E-state index contributed by atoms with van der Waals surface area (Å²) < 4.78 is 13.2. The van der Waals surface area contributed by atoms with Crippen LogP contribution in [0.3, 0.4) is 0 Å². The van der Waals surface area contributed by atoms with Crippen LogP contribution in [0.25, 0.3) is 0 Å². The van der Waals surface area contributed by atoms with Crippen molar-refractivity contribution in [3.8, 4) is 0 Å². The summed E-state index contributed by atoms with van der Waals surface area (Å²) in [6.07, 6.45) is 1.17. The number of rotatable bonds is 2. The number of benzene rings is 1. The molecule has 2 heteroatoms. The molecule has 2 N–H and O–H groups in total. The fraction of sp³-hybridized carbons (Fsp3) is 0.571. The monoisotopic (exact) mass is 221 g/mol. The first-order valence-electron chi connectivity index (χ1n) is 5.85. The smallest absolute Gasteiger partial charge is 0.123 e. The lowest BCUT2D eigenvalue weighted by molar-refractivity contribution is 0.488. The molecule has 0 bridgehead atoms. The van der Waals surface area contributed by atoms with Crippen molar-refractivity contribution in [3.63, 3.8) is 0 Å². The van der Waals surface area contributed by atoms with Gasteiger partial charge in [-0.3, -0.25) is 0 Å². The molecule has 1 saturated carbocycles. The Balaban J connectivity index is 2.34. The van der Waals surface area contributed by atoms with Crippen LogP contribution in [0.5, 0.6) is 0 Å². The Morgan fingerprint density at radius 2 is 1.75 bits per heavy atom. The molecular weight excluding hydrogens is 201 g/mol. The van der Waals surface area contributed by atoms with Gasteiger partial charge in [0.15, 0.2) is 0 Å². The third-order valence-corrected chi connectivity index (χ3v) is 3.91. The number of nitrogens with two attached hydrogens (primary N) is 1. The van der Waals surface area contributed by atoms with Crippen molar-refractivity contribution in [2.45, 2.75) is 40.2 Å². The lowest BCUT2D eigenvalue weighted by Crippen LogP contribution is -2.18. The zero-order valence-corrected chi connectivity index (χ0v) is 10.5. The molecule has 0 spiro atoms. The largest absolute Gasteiger partial charge is 0.324 e. The highest BCUT2D eigenvalue weighted by atomic mass is 19.1. The van der Waals surface area contributed by atoms with Gasteiger partial charge in [-0.25, -0.2) is 4.39 Å². The second-order valence-corrected chi connectivity index (χ2v) is 5.78.